The summed E-state index contributed by atoms with van der Waals surface area (Å²) < 4.78 is 10.4. The van der Waals surface area contributed by atoms with E-state index in [0.29, 0.717) is 17.1 Å². The van der Waals surface area contributed by atoms with E-state index in [4.69, 9.17) is 9.47 Å². The molecule has 0 aliphatic heterocycles. The Bertz CT molecular complexity index is 4270. The van der Waals surface area contributed by atoms with Gasteiger partial charge in [0, 0.05) is 89.0 Å². The molecule has 0 saturated carbocycles. The quantitative estimate of drug-likeness (QED) is 0.147. The van der Waals surface area contributed by atoms with Crippen molar-refractivity contribution in [3.63, 3.8) is 0 Å². The van der Waals surface area contributed by atoms with Crippen molar-refractivity contribution in [1.29, 1.82) is 0 Å². The van der Waals surface area contributed by atoms with Crippen molar-refractivity contribution < 1.29 is 77.2 Å². The highest BCUT2D eigenvalue weighted by molar-refractivity contribution is 6.35. The third kappa shape index (κ3) is 9.32. The number of hydrogen-bond donors (Lipinski definition) is 2. The molecule has 404 valence electrons. The molecule has 8 aromatic rings. The molecule has 4 aliphatic rings. The number of fused-ring (bicyclic) bond motifs is 8. The van der Waals surface area contributed by atoms with Gasteiger partial charge in [-0.2, -0.15) is 0 Å². The highest BCUT2D eigenvalue weighted by atomic mass is 16.5. The van der Waals surface area contributed by atoms with Gasteiger partial charge in [-0.3, -0.25) is 57.5 Å². The van der Waals surface area contributed by atoms with Crippen molar-refractivity contribution in [2.24, 2.45) is 0 Å². The van der Waals surface area contributed by atoms with E-state index >= 15 is 0 Å². The number of phenols is 2. The molecular formula is C66H44O16. The molecule has 0 atom stereocenters. The van der Waals surface area contributed by atoms with Crippen LogP contribution in [0.4, 0.5) is 0 Å². The van der Waals surface area contributed by atoms with Crippen molar-refractivity contribution in [1.82, 2.24) is 0 Å². The van der Waals surface area contributed by atoms with Crippen molar-refractivity contribution in [3.8, 4) is 23.0 Å². The Morgan fingerprint density at radius 1 is 0.268 bits per heavy atom. The Labute approximate surface area is 466 Å². The molecule has 0 spiro atoms. The molecule has 4 aliphatic carbocycles. The lowest BCUT2D eigenvalue weighted by Gasteiger charge is -2.21. The van der Waals surface area contributed by atoms with Crippen LogP contribution in [0, 0.1) is 0 Å². The van der Waals surface area contributed by atoms with E-state index in [-0.39, 0.29) is 169 Å². The van der Waals surface area contributed by atoms with Crippen LogP contribution >= 0.6 is 0 Å². The maximum absolute atomic E-state index is 12.8. The van der Waals surface area contributed by atoms with Gasteiger partial charge in [-0.05, 0) is 52.0 Å². The summed E-state index contributed by atoms with van der Waals surface area (Å²) in [4.78, 5) is 147. The second-order valence-electron chi connectivity index (χ2n) is 18.9. The maximum atomic E-state index is 12.8. The highest BCUT2D eigenvalue weighted by Gasteiger charge is 2.38. The van der Waals surface area contributed by atoms with Gasteiger partial charge in [-0.25, -0.2) is 0 Å². The minimum atomic E-state index is -0.487. The lowest BCUT2D eigenvalue weighted by Crippen LogP contribution is -2.24. The summed E-state index contributed by atoms with van der Waals surface area (Å²) in [5, 5.41) is 19.7. The van der Waals surface area contributed by atoms with Crippen LogP contribution in [0.3, 0.4) is 0 Å². The Balaban J connectivity index is 0.000000132. The number of rotatable bonds is 6. The molecule has 8 aromatic carbocycles. The summed E-state index contributed by atoms with van der Waals surface area (Å²) in [5.41, 5.74) is 3.81. The monoisotopic (exact) mass is 1090 g/mol. The van der Waals surface area contributed by atoms with Gasteiger partial charge in [0.15, 0.2) is 69.4 Å². The average molecular weight is 1090 g/mol. The number of methoxy groups -OCH3 is 2. The molecule has 0 saturated heterocycles. The Hall–Kier alpha value is -11.0. The van der Waals surface area contributed by atoms with Crippen molar-refractivity contribution in [3.05, 3.63) is 257 Å². The van der Waals surface area contributed by atoms with Crippen LogP contribution in [0.5, 0.6) is 23.0 Å². The van der Waals surface area contributed by atoms with Crippen LogP contribution in [0.1, 0.15) is 196 Å². The fraction of sp³-hybridized carbons (Fsp3) is 0.0909. The molecule has 0 amide bonds. The van der Waals surface area contributed by atoms with Gasteiger partial charge >= 0.3 is 0 Å². The number of phenolic OH excluding ortho intramolecular Hbond substituents is 2. The molecule has 16 nitrogen and oxygen atoms in total. The van der Waals surface area contributed by atoms with Gasteiger partial charge < -0.3 is 19.7 Å². The summed E-state index contributed by atoms with van der Waals surface area (Å²) in [6.07, 6.45) is 0. The summed E-state index contributed by atoms with van der Waals surface area (Å²) in [6, 6.07) is 37.2. The zero-order valence-corrected chi connectivity index (χ0v) is 44.5. The molecule has 0 fully saturated rings. The second-order valence-corrected chi connectivity index (χ2v) is 18.9. The molecule has 0 aromatic heterocycles. The van der Waals surface area contributed by atoms with Gasteiger partial charge in [0.1, 0.15) is 23.0 Å². The molecule has 0 bridgehead atoms. The van der Waals surface area contributed by atoms with E-state index in [9.17, 15) is 67.7 Å². The van der Waals surface area contributed by atoms with Crippen LogP contribution in [-0.2, 0) is 0 Å². The number of benzene rings is 8. The molecular weight excluding hydrogens is 1050 g/mol. The van der Waals surface area contributed by atoms with Gasteiger partial charge in [-0.15, -0.1) is 0 Å². The first-order chi connectivity index (χ1) is 39.2. The van der Waals surface area contributed by atoms with E-state index in [1.54, 1.807) is 84.9 Å². The lowest BCUT2D eigenvalue weighted by atomic mass is 9.81. The smallest absolute Gasteiger partial charge is 0.198 e. The topological polar surface area (TPSA) is 264 Å². The second kappa shape index (κ2) is 22.0. The predicted molar refractivity (Wildman–Crippen MR) is 295 cm³/mol. The summed E-state index contributed by atoms with van der Waals surface area (Å²) in [5.74, 6) is -3.70. The Kier molecular flexibility index (Phi) is 15.0. The highest BCUT2D eigenvalue weighted by Crippen LogP contribution is 2.39. The van der Waals surface area contributed by atoms with E-state index in [1.165, 1.54) is 103 Å². The first-order valence-electron chi connectivity index (χ1n) is 25.1. The number of ether oxygens (including phenoxy) is 2. The van der Waals surface area contributed by atoms with Crippen molar-refractivity contribution in [2.45, 2.75) is 27.7 Å². The van der Waals surface area contributed by atoms with Gasteiger partial charge in [0.2, 0.25) is 0 Å². The van der Waals surface area contributed by atoms with Crippen LogP contribution in [-0.4, -0.2) is 93.8 Å². The molecule has 82 heavy (non-hydrogen) atoms. The Morgan fingerprint density at radius 2 is 0.476 bits per heavy atom. The van der Waals surface area contributed by atoms with Crippen LogP contribution in [0.2, 0.25) is 0 Å². The van der Waals surface area contributed by atoms with E-state index in [0.717, 1.165) is 0 Å². The minimum absolute atomic E-state index is 0.00528. The number of aromatic hydroxyl groups is 2. The normalized spacial score (nSPS) is 12.8. The maximum Gasteiger partial charge on any atom is 0.198 e. The van der Waals surface area contributed by atoms with Crippen LogP contribution in [0.15, 0.2) is 146 Å². The first kappa shape index (κ1) is 55.7. The fourth-order valence-corrected chi connectivity index (χ4v) is 10.4. The predicted octanol–water partition coefficient (Wildman–Crippen LogP) is 10.1. The first-order valence-corrected chi connectivity index (χ1v) is 25.1. The number of carbonyl (C=O) groups excluding carboxylic acids is 12. The van der Waals surface area contributed by atoms with E-state index in [2.05, 4.69) is 0 Å². The van der Waals surface area contributed by atoms with Crippen molar-refractivity contribution in [2.75, 3.05) is 14.2 Å². The molecule has 16 heteroatoms. The minimum Gasteiger partial charge on any atom is -0.507 e. The van der Waals surface area contributed by atoms with Gasteiger partial charge in [0.25, 0.3) is 0 Å². The van der Waals surface area contributed by atoms with E-state index < -0.39 is 17.3 Å². The number of ketones is 12. The molecule has 2 N–H and O–H groups in total. The largest absolute Gasteiger partial charge is 0.507 e. The molecule has 0 radical (unpaired) electrons. The van der Waals surface area contributed by atoms with Crippen molar-refractivity contribution >= 4 is 69.4 Å². The molecule has 12 rings (SSSR count). The number of Topliss-reactive ketones (excluding diaryl/α,β-unsaturated/α-hetero) is 4. The van der Waals surface area contributed by atoms with Gasteiger partial charge in [0.05, 0.1) is 36.5 Å². The lowest BCUT2D eigenvalue weighted by molar-refractivity contribution is 0.0964. The number of hydrogen-bond acceptors (Lipinski definition) is 16. The van der Waals surface area contributed by atoms with E-state index in [1.807, 2.05) is 0 Å². The third-order valence-corrected chi connectivity index (χ3v) is 14.1. The third-order valence-electron chi connectivity index (χ3n) is 14.1. The van der Waals surface area contributed by atoms with Gasteiger partial charge in [-0.1, -0.05) is 121 Å². The number of carbonyl (C=O) groups is 12. The Morgan fingerprint density at radius 3 is 0.817 bits per heavy atom. The SMILES string of the molecule is CC(=O)c1cccc2c1C(=O)c1c(O)cccc1C2=O.CC(=O)c1cccc2c1C(=O)c1cccc(O)c1C2=O.COc1cccc2c1C(=O)c1c(C(C)=O)cccc1C2=O.COc1cccc2c1C(=O)c1cccc(C(C)=O)c1C2=O. The zero-order chi connectivity index (χ0) is 59.2. The summed E-state index contributed by atoms with van der Waals surface area (Å²) in [7, 11) is 2.90. The summed E-state index contributed by atoms with van der Waals surface area (Å²) >= 11 is 0. The fourth-order valence-electron chi connectivity index (χ4n) is 10.4. The molecule has 0 unspecified atom stereocenters. The summed E-state index contributed by atoms with van der Waals surface area (Å²) in [6.45, 7) is 5.46. The van der Waals surface area contributed by atoms with Crippen LogP contribution in [0.25, 0.3) is 0 Å². The molecule has 0 heterocycles. The standard InChI is InChI=1S/2C17H12O4.2C16H10O4/c1-9(18)10-5-3-6-11-14(10)16(19)12-7-4-8-13(21-2)15(12)17(11)20;1-9(18)10-5-3-6-11-14(10)17(20)15-12(16(11)19)7-4-8-13(15)21-2;1-8(17)9-4-2-5-10-13(9)15(19)11-6-3-7-12(18)14(11)16(10)20;1-8(17)9-4-2-5-10-13(9)16(20)14-11(15(10)19)6-3-7-12(14)18/h2*3-8H,1-2H3;2*2-7,18H,1H3. The zero-order valence-electron chi connectivity index (χ0n) is 44.5. The average Bonchev–Trinajstić information content (AvgIpc) is 2.17. The van der Waals surface area contributed by atoms with Crippen LogP contribution < -0.4 is 9.47 Å².